The van der Waals surface area contributed by atoms with Gasteiger partial charge in [-0.25, -0.2) is 0 Å². The standard InChI is InChI=1S/C26H35N6O4/c1-26(2,3)18-12-17(13-19(24(18)35-5)30-8-10-36-11-9-30)20(33)15-31-22-14-21(34-4)23(16-6-7-16)28-32(22)25(27)29-31/h12-14,16H,6-11,15H2,1-5H3,(H2,27,29)/q+1. The molecular weight excluding hydrogens is 460 g/mol. The molecule has 0 atom stereocenters. The number of benzene rings is 1. The molecule has 0 bridgehead atoms. The number of nitrogen functional groups attached to an aromatic ring is 1. The number of ether oxygens (including phenoxy) is 3. The topological polar surface area (TPSA) is 108 Å². The zero-order chi connectivity index (χ0) is 25.6. The molecule has 1 aromatic carbocycles. The zero-order valence-corrected chi connectivity index (χ0v) is 21.7. The molecule has 2 N–H and O–H groups in total. The Bertz CT molecular complexity index is 1300. The molecule has 3 aromatic rings. The first-order valence-electron chi connectivity index (χ1n) is 12.4. The number of nitrogens with two attached hydrogens (primary N) is 1. The Morgan fingerprint density at radius 2 is 1.89 bits per heavy atom. The van der Waals surface area contributed by atoms with E-state index >= 15 is 0 Å². The molecule has 3 heterocycles. The number of morpholine rings is 1. The van der Waals surface area contributed by atoms with Crippen LogP contribution in [0.2, 0.25) is 0 Å². The lowest BCUT2D eigenvalue weighted by molar-refractivity contribution is -0.714. The highest BCUT2D eigenvalue weighted by Gasteiger charge is 2.33. The van der Waals surface area contributed by atoms with Crippen molar-refractivity contribution < 1.29 is 23.7 Å². The molecule has 1 aliphatic carbocycles. The number of carbonyl (C=O) groups excluding carboxylic acids is 1. The molecule has 0 amide bonds. The molecule has 0 radical (unpaired) electrons. The molecule has 192 valence electrons. The lowest BCUT2D eigenvalue weighted by atomic mass is 9.84. The maximum atomic E-state index is 13.7. The number of hydrogen-bond acceptors (Lipinski definition) is 8. The summed E-state index contributed by atoms with van der Waals surface area (Å²) in [5.41, 5.74) is 9.96. The predicted octanol–water partition coefficient (Wildman–Crippen LogP) is 2.51. The Kier molecular flexibility index (Phi) is 6.23. The van der Waals surface area contributed by atoms with Gasteiger partial charge in [0, 0.05) is 30.1 Å². The third kappa shape index (κ3) is 4.45. The fourth-order valence-electron chi connectivity index (χ4n) is 4.76. The van der Waals surface area contributed by atoms with Crippen molar-refractivity contribution in [2.75, 3.05) is 51.2 Å². The number of hydrogen-bond donors (Lipinski definition) is 1. The lowest BCUT2D eigenvalue weighted by Gasteiger charge is -2.33. The monoisotopic (exact) mass is 495 g/mol. The van der Waals surface area contributed by atoms with Crippen molar-refractivity contribution in [1.29, 1.82) is 0 Å². The average molecular weight is 496 g/mol. The number of methoxy groups -OCH3 is 2. The normalized spacial score (nSPS) is 16.4. The quantitative estimate of drug-likeness (QED) is 0.394. The molecule has 1 aliphatic heterocycles. The van der Waals surface area contributed by atoms with Crippen molar-refractivity contribution in [3.05, 3.63) is 35.0 Å². The number of carbonyl (C=O) groups is 1. The SMILES string of the molecule is COc1cc2n(nc1C1CC1)c(N)n[n+]2CC(=O)c1cc(N2CCOCC2)c(OC)c(C(C)(C)C)c1. The largest absolute Gasteiger partial charge is 0.494 e. The van der Waals surface area contributed by atoms with E-state index in [1.54, 1.807) is 23.4 Å². The number of rotatable bonds is 7. The molecule has 10 heteroatoms. The highest BCUT2D eigenvalue weighted by molar-refractivity contribution is 5.97. The first-order valence-corrected chi connectivity index (χ1v) is 12.4. The first-order chi connectivity index (χ1) is 17.2. The second-order valence-corrected chi connectivity index (χ2v) is 10.5. The highest BCUT2D eigenvalue weighted by Crippen LogP contribution is 2.43. The van der Waals surface area contributed by atoms with Gasteiger partial charge in [-0.15, -0.1) is 4.68 Å². The van der Waals surface area contributed by atoms with Crippen LogP contribution >= 0.6 is 0 Å². The molecule has 2 aromatic heterocycles. The third-order valence-corrected chi connectivity index (χ3v) is 6.87. The zero-order valence-electron chi connectivity index (χ0n) is 21.7. The van der Waals surface area contributed by atoms with Crippen molar-refractivity contribution in [3.63, 3.8) is 0 Å². The molecule has 36 heavy (non-hydrogen) atoms. The van der Waals surface area contributed by atoms with E-state index in [9.17, 15) is 4.79 Å². The van der Waals surface area contributed by atoms with E-state index in [4.69, 9.17) is 19.9 Å². The van der Waals surface area contributed by atoms with Gasteiger partial charge >= 0.3 is 11.6 Å². The average Bonchev–Trinajstić information content (AvgIpc) is 3.67. The summed E-state index contributed by atoms with van der Waals surface area (Å²) in [4.78, 5) is 15.9. The minimum absolute atomic E-state index is 0.0206. The smallest absolute Gasteiger partial charge is 0.355 e. The van der Waals surface area contributed by atoms with Gasteiger partial charge in [0.2, 0.25) is 5.78 Å². The summed E-state index contributed by atoms with van der Waals surface area (Å²) < 4.78 is 20.2. The van der Waals surface area contributed by atoms with Crippen LogP contribution in [0.25, 0.3) is 5.65 Å². The van der Waals surface area contributed by atoms with Gasteiger partial charge in [-0.3, -0.25) is 4.79 Å². The van der Waals surface area contributed by atoms with Gasteiger partial charge < -0.3 is 24.8 Å². The molecule has 0 unspecified atom stereocenters. The molecule has 5 rings (SSSR count). The summed E-state index contributed by atoms with van der Waals surface area (Å²) in [7, 11) is 3.31. The molecular formula is C26H35N6O4+. The maximum Gasteiger partial charge on any atom is 0.355 e. The van der Waals surface area contributed by atoms with Crippen molar-refractivity contribution in [2.45, 2.75) is 51.5 Å². The Labute approximate surface area is 210 Å². The van der Waals surface area contributed by atoms with E-state index < -0.39 is 0 Å². The molecule has 1 saturated heterocycles. The van der Waals surface area contributed by atoms with Gasteiger partial charge in [0.05, 0.1) is 39.2 Å². The van der Waals surface area contributed by atoms with Crippen molar-refractivity contribution >= 4 is 23.1 Å². The summed E-state index contributed by atoms with van der Waals surface area (Å²) >= 11 is 0. The minimum atomic E-state index is -0.224. The van der Waals surface area contributed by atoms with Crippen LogP contribution in [0.5, 0.6) is 11.5 Å². The van der Waals surface area contributed by atoms with Crippen LogP contribution < -0.4 is 24.8 Å². The van der Waals surface area contributed by atoms with Gasteiger partial charge in [0.1, 0.15) is 11.4 Å². The van der Waals surface area contributed by atoms with Crippen molar-refractivity contribution in [1.82, 2.24) is 14.7 Å². The number of aromatic nitrogens is 4. The first kappa shape index (κ1) is 24.3. The number of Topliss-reactive ketones (excluding diaryl/α,β-unsaturated/α-hetero) is 1. The Balaban J connectivity index is 1.54. The number of anilines is 2. The van der Waals surface area contributed by atoms with Gasteiger partial charge in [-0.05, 0) is 35.5 Å². The molecule has 2 aliphatic rings. The van der Waals surface area contributed by atoms with Crippen LogP contribution in [0, 0.1) is 0 Å². The fourth-order valence-corrected chi connectivity index (χ4v) is 4.76. The van der Waals surface area contributed by atoms with Crippen LogP contribution in [-0.4, -0.2) is 61.0 Å². The summed E-state index contributed by atoms with van der Waals surface area (Å²) in [5.74, 6) is 2.04. The van der Waals surface area contributed by atoms with E-state index in [0.29, 0.717) is 36.1 Å². The molecule has 0 spiro atoms. The van der Waals surface area contributed by atoms with Gasteiger partial charge in [-0.1, -0.05) is 30.4 Å². The summed E-state index contributed by atoms with van der Waals surface area (Å²) in [5, 5.41) is 9.13. The fraction of sp³-hybridized carbons (Fsp3) is 0.538. The maximum absolute atomic E-state index is 13.7. The summed E-state index contributed by atoms with van der Waals surface area (Å²) in [6.45, 7) is 9.14. The van der Waals surface area contributed by atoms with E-state index in [1.165, 1.54) is 0 Å². The third-order valence-electron chi connectivity index (χ3n) is 6.87. The van der Waals surface area contributed by atoms with E-state index in [0.717, 1.165) is 48.6 Å². The highest BCUT2D eigenvalue weighted by atomic mass is 16.5. The van der Waals surface area contributed by atoms with Gasteiger partial charge in [0.25, 0.3) is 0 Å². The molecule has 2 fully saturated rings. The van der Waals surface area contributed by atoms with Crippen molar-refractivity contribution in [3.8, 4) is 11.5 Å². The van der Waals surface area contributed by atoms with Crippen LogP contribution in [0.15, 0.2) is 18.2 Å². The van der Waals surface area contributed by atoms with Crippen LogP contribution in [0.3, 0.4) is 0 Å². The van der Waals surface area contributed by atoms with Gasteiger partial charge in [0.15, 0.2) is 12.3 Å². The second-order valence-electron chi connectivity index (χ2n) is 10.5. The van der Waals surface area contributed by atoms with Crippen molar-refractivity contribution in [2.24, 2.45) is 0 Å². The number of nitrogens with zero attached hydrogens (tertiary/aromatic N) is 5. The van der Waals surface area contributed by atoms with Gasteiger partial charge in [-0.2, -0.15) is 0 Å². The van der Waals surface area contributed by atoms with E-state index in [-0.39, 0.29) is 23.7 Å². The van der Waals surface area contributed by atoms with Crippen LogP contribution in [-0.2, 0) is 16.7 Å². The Morgan fingerprint density at radius 1 is 1.17 bits per heavy atom. The van der Waals surface area contributed by atoms with Crippen LogP contribution in [0.1, 0.15) is 61.1 Å². The lowest BCUT2D eigenvalue weighted by Crippen LogP contribution is -2.41. The summed E-state index contributed by atoms with van der Waals surface area (Å²) in [6.07, 6.45) is 2.17. The second kappa shape index (κ2) is 9.24. The Hall–Kier alpha value is -3.40. The number of fused-ring (bicyclic) bond motifs is 1. The minimum Gasteiger partial charge on any atom is -0.494 e. The Morgan fingerprint density at radius 3 is 2.50 bits per heavy atom. The summed E-state index contributed by atoms with van der Waals surface area (Å²) in [6, 6.07) is 5.73. The molecule has 1 saturated carbocycles. The van der Waals surface area contributed by atoms with Crippen LogP contribution in [0.4, 0.5) is 11.6 Å². The van der Waals surface area contributed by atoms with E-state index in [1.807, 2.05) is 18.2 Å². The number of ketones is 1. The molecule has 10 nitrogen and oxygen atoms in total. The predicted molar refractivity (Wildman–Crippen MR) is 135 cm³/mol. The van der Waals surface area contributed by atoms with E-state index in [2.05, 4.69) is 35.9 Å².